The van der Waals surface area contributed by atoms with E-state index in [0.29, 0.717) is 5.56 Å². The Bertz CT molecular complexity index is 423. The monoisotopic (exact) mass is 264 g/mol. The van der Waals surface area contributed by atoms with E-state index in [1.165, 1.54) is 6.07 Å². The summed E-state index contributed by atoms with van der Waals surface area (Å²) in [6, 6.07) is 1.51. The molecule has 0 radical (unpaired) electrons. The molecular formula is C9H7Cl3N2O. The van der Waals surface area contributed by atoms with Crippen LogP contribution in [0, 0.1) is 11.8 Å². The molecule has 1 aromatic heterocycles. The van der Waals surface area contributed by atoms with E-state index in [9.17, 15) is 4.79 Å². The molecule has 1 heterocycles. The first-order valence-electron chi connectivity index (χ1n) is 3.94. The van der Waals surface area contributed by atoms with Crippen LogP contribution in [0.25, 0.3) is 0 Å². The molecule has 1 aromatic rings. The van der Waals surface area contributed by atoms with Gasteiger partial charge >= 0.3 is 0 Å². The lowest BCUT2D eigenvalue weighted by atomic mass is 10.2. The Kier molecular flexibility index (Phi) is 4.06. The third-order valence-electron chi connectivity index (χ3n) is 1.52. The van der Waals surface area contributed by atoms with Crippen molar-refractivity contribution in [2.45, 2.75) is 3.79 Å². The number of nitrogens with two attached hydrogens (primary N) is 1. The van der Waals surface area contributed by atoms with Crippen LogP contribution in [0.3, 0.4) is 0 Å². The summed E-state index contributed by atoms with van der Waals surface area (Å²) in [4.78, 5) is 14.1. The number of H-pyrrole nitrogens is 1. The zero-order valence-electron chi connectivity index (χ0n) is 7.48. The average molecular weight is 266 g/mol. The van der Waals surface area contributed by atoms with E-state index in [2.05, 4.69) is 16.8 Å². The number of rotatable bonds is 1. The molecular weight excluding hydrogens is 258 g/mol. The predicted octanol–water partition coefficient (Wildman–Crippen LogP) is 1.88. The number of hydrogen-bond donors (Lipinski definition) is 2. The van der Waals surface area contributed by atoms with Gasteiger partial charge in [-0.2, -0.15) is 0 Å². The van der Waals surface area contributed by atoms with Crippen molar-refractivity contribution < 1.29 is 4.79 Å². The summed E-state index contributed by atoms with van der Waals surface area (Å²) in [6.45, 7) is 0.249. The van der Waals surface area contributed by atoms with Crippen molar-refractivity contribution in [3.63, 3.8) is 0 Å². The highest BCUT2D eigenvalue weighted by molar-refractivity contribution is 6.77. The number of halogens is 3. The van der Waals surface area contributed by atoms with Crippen molar-refractivity contribution in [2.75, 3.05) is 6.54 Å². The molecule has 0 atom stereocenters. The summed E-state index contributed by atoms with van der Waals surface area (Å²) < 4.78 is -1.95. The number of carbonyl (C=O) groups is 1. The second kappa shape index (κ2) is 4.91. The van der Waals surface area contributed by atoms with Gasteiger partial charge in [0, 0.05) is 11.8 Å². The van der Waals surface area contributed by atoms with Gasteiger partial charge in [0.1, 0.15) is 0 Å². The van der Waals surface area contributed by atoms with Gasteiger partial charge in [-0.25, -0.2) is 0 Å². The van der Waals surface area contributed by atoms with Crippen molar-refractivity contribution >= 4 is 40.6 Å². The highest BCUT2D eigenvalue weighted by Crippen LogP contribution is 2.30. The second-order valence-corrected chi connectivity index (χ2v) is 4.92. The zero-order chi connectivity index (χ0) is 11.5. The molecule has 0 aliphatic rings. The fraction of sp³-hybridized carbons (Fsp3) is 0.222. The molecule has 0 saturated heterocycles. The van der Waals surface area contributed by atoms with Crippen LogP contribution in [0.2, 0.25) is 0 Å². The van der Waals surface area contributed by atoms with Crippen LogP contribution in [0.4, 0.5) is 0 Å². The standard InChI is InChI=1S/C9H7Cl3N2O/c10-9(11,12)8(15)7-4-6(5-14-7)2-1-3-13/h4-5,14H,3,13H2. The van der Waals surface area contributed by atoms with E-state index in [0.717, 1.165) is 0 Å². The number of ketones is 1. The molecule has 0 aliphatic heterocycles. The third-order valence-corrected chi connectivity index (χ3v) is 2.03. The van der Waals surface area contributed by atoms with Gasteiger partial charge in [0.25, 0.3) is 3.79 Å². The minimum Gasteiger partial charge on any atom is -0.357 e. The molecule has 0 amide bonds. The minimum absolute atomic E-state index is 0.205. The highest BCUT2D eigenvalue weighted by atomic mass is 35.6. The van der Waals surface area contributed by atoms with E-state index < -0.39 is 9.58 Å². The summed E-state index contributed by atoms with van der Waals surface area (Å²) >= 11 is 16.3. The summed E-state index contributed by atoms with van der Waals surface area (Å²) in [5.74, 6) is 4.77. The third kappa shape index (κ3) is 3.44. The van der Waals surface area contributed by atoms with Gasteiger partial charge < -0.3 is 10.7 Å². The van der Waals surface area contributed by atoms with Crippen molar-refractivity contribution in [1.29, 1.82) is 0 Å². The molecule has 80 valence electrons. The van der Waals surface area contributed by atoms with Crippen LogP contribution in [-0.2, 0) is 0 Å². The number of nitrogens with one attached hydrogen (secondary N) is 1. The Hall–Kier alpha value is -0.660. The molecule has 3 nitrogen and oxygen atoms in total. The fourth-order valence-electron chi connectivity index (χ4n) is 0.903. The molecule has 3 N–H and O–H groups in total. The number of alkyl halides is 3. The Balaban J connectivity index is 2.90. The van der Waals surface area contributed by atoms with Crippen LogP contribution in [-0.4, -0.2) is 21.1 Å². The molecule has 15 heavy (non-hydrogen) atoms. The van der Waals surface area contributed by atoms with Crippen molar-refractivity contribution in [1.82, 2.24) is 4.98 Å². The van der Waals surface area contributed by atoms with Crippen molar-refractivity contribution in [3.05, 3.63) is 23.5 Å². The predicted molar refractivity (Wildman–Crippen MR) is 61.3 cm³/mol. The summed E-state index contributed by atoms with van der Waals surface area (Å²) in [5, 5.41) is 0. The Labute approximate surface area is 102 Å². The number of hydrogen-bond acceptors (Lipinski definition) is 2. The summed E-state index contributed by atoms with van der Waals surface area (Å²) in [6.07, 6.45) is 1.55. The lowest BCUT2D eigenvalue weighted by Gasteiger charge is -2.06. The average Bonchev–Trinajstić information content (AvgIpc) is 2.60. The van der Waals surface area contributed by atoms with Crippen LogP contribution < -0.4 is 5.73 Å². The minimum atomic E-state index is -1.95. The largest absolute Gasteiger partial charge is 0.357 e. The molecule has 1 rings (SSSR count). The fourth-order valence-corrected chi connectivity index (χ4v) is 1.21. The number of carbonyl (C=O) groups excluding carboxylic acids is 1. The molecule has 0 fully saturated rings. The number of aromatic amines is 1. The quantitative estimate of drug-likeness (QED) is 0.463. The second-order valence-electron chi connectivity index (χ2n) is 2.63. The molecule has 0 unspecified atom stereocenters. The molecule has 0 saturated carbocycles. The van der Waals surface area contributed by atoms with E-state index in [-0.39, 0.29) is 12.2 Å². The Morgan fingerprint density at radius 1 is 1.53 bits per heavy atom. The maximum Gasteiger partial charge on any atom is 0.254 e. The highest BCUT2D eigenvalue weighted by Gasteiger charge is 2.32. The van der Waals surface area contributed by atoms with Gasteiger partial charge in [-0.1, -0.05) is 46.6 Å². The lowest BCUT2D eigenvalue weighted by molar-refractivity contribution is 0.0992. The molecule has 0 aliphatic carbocycles. The first kappa shape index (κ1) is 12.4. The van der Waals surface area contributed by atoms with E-state index >= 15 is 0 Å². The first-order chi connectivity index (χ1) is 6.95. The van der Waals surface area contributed by atoms with Gasteiger partial charge in [0.2, 0.25) is 5.78 Å². The molecule has 6 heteroatoms. The van der Waals surface area contributed by atoms with E-state index in [4.69, 9.17) is 40.5 Å². The zero-order valence-corrected chi connectivity index (χ0v) is 9.75. The number of aromatic nitrogens is 1. The normalized spacial score (nSPS) is 10.7. The van der Waals surface area contributed by atoms with Gasteiger partial charge in [-0.05, 0) is 6.07 Å². The number of Topliss-reactive ketones (excluding diaryl/α,β-unsaturated/α-hetero) is 1. The van der Waals surface area contributed by atoms with Crippen molar-refractivity contribution in [3.8, 4) is 11.8 Å². The van der Waals surface area contributed by atoms with Gasteiger partial charge in [0.05, 0.1) is 12.2 Å². The van der Waals surface area contributed by atoms with Crippen LogP contribution in [0.5, 0.6) is 0 Å². The summed E-state index contributed by atoms with van der Waals surface area (Å²) in [7, 11) is 0. The summed E-state index contributed by atoms with van der Waals surface area (Å²) in [5.41, 5.74) is 6.03. The topological polar surface area (TPSA) is 58.9 Å². The smallest absolute Gasteiger partial charge is 0.254 e. The molecule has 0 aromatic carbocycles. The van der Waals surface area contributed by atoms with Crippen LogP contribution in [0.1, 0.15) is 16.1 Å². The van der Waals surface area contributed by atoms with E-state index in [1.54, 1.807) is 6.20 Å². The maximum absolute atomic E-state index is 11.5. The molecule has 0 bridgehead atoms. The van der Waals surface area contributed by atoms with Crippen LogP contribution >= 0.6 is 34.8 Å². The molecule has 0 spiro atoms. The Morgan fingerprint density at radius 2 is 2.20 bits per heavy atom. The Morgan fingerprint density at radius 3 is 2.73 bits per heavy atom. The first-order valence-corrected chi connectivity index (χ1v) is 5.07. The van der Waals surface area contributed by atoms with Gasteiger partial charge in [0.15, 0.2) is 0 Å². The van der Waals surface area contributed by atoms with Crippen LogP contribution in [0.15, 0.2) is 12.3 Å². The maximum atomic E-state index is 11.5. The lowest BCUT2D eigenvalue weighted by Crippen LogP contribution is -2.19. The van der Waals surface area contributed by atoms with Gasteiger partial charge in [-0.15, -0.1) is 0 Å². The van der Waals surface area contributed by atoms with Gasteiger partial charge in [-0.3, -0.25) is 4.79 Å². The van der Waals surface area contributed by atoms with Crippen molar-refractivity contribution in [2.24, 2.45) is 5.73 Å². The van der Waals surface area contributed by atoms with E-state index in [1.807, 2.05) is 0 Å². The SMILES string of the molecule is NCC#Cc1c[nH]c(C(=O)C(Cl)(Cl)Cl)c1.